The molecule has 0 saturated carbocycles. The van der Waals surface area contributed by atoms with Gasteiger partial charge in [0.05, 0.1) is 0 Å². The van der Waals surface area contributed by atoms with Gasteiger partial charge in [0.25, 0.3) is 0 Å². The standard InChI is InChI=1S/2C9H7.2C2H3.2ClH.Hf.H2Si/c2*1-2-5-9-7-3-6-8(9)4-1;2*1-2;;;;/h2*1-7H;2*1H,2H2;2*1H;;1H2. The Balaban J connectivity index is 0.00000121. The first-order valence-corrected chi connectivity index (χ1v) is 25.1. The summed E-state index contributed by atoms with van der Waals surface area (Å²) in [5, 5.41) is 0. The first kappa shape index (κ1) is 21.4. The molecule has 26 heavy (non-hydrogen) atoms. The number of fused-ring (bicyclic) bond motifs is 2. The summed E-state index contributed by atoms with van der Waals surface area (Å²) in [7, 11) is 0. The van der Waals surface area contributed by atoms with Crippen LogP contribution in [0, 0.1) is 0 Å². The van der Waals surface area contributed by atoms with Crippen LogP contribution in [0.15, 0.2) is 81.5 Å². The van der Waals surface area contributed by atoms with Gasteiger partial charge in [-0.15, -0.1) is 24.8 Å². The SMILES string of the molecule is C=[CH][Hf](=[SiH2])([CH]=C)([CH]1C=Cc2ccccc21)[CH]1C=Cc2ccccc21.Cl.Cl. The van der Waals surface area contributed by atoms with Gasteiger partial charge in [0.1, 0.15) is 0 Å². The maximum atomic E-state index is 4.38. The molecule has 2 aromatic rings. The smallest absolute Gasteiger partial charge is 0.147 e. The van der Waals surface area contributed by atoms with Crippen molar-refractivity contribution < 1.29 is 17.1 Å². The van der Waals surface area contributed by atoms with Crippen LogP contribution in [-0.2, 0) is 17.1 Å². The minimum Gasteiger partial charge on any atom is -0.147 e. The van der Waals surface area contributed by atoms with Crippen LogP contribution in [0.2, 0.25) is 0 Å². The first-order chi connectivity index (χ1) is 11.6. The number of rotatable bonds is 4. The summed E-state index contributed by atoms with van der Waals surface area (Å²) < 4.78 is 5.59. The van der Waals surface area contributed by atoms with Crippen molar-refractivity contribution in [1.82, 2.24) is 0 Å². The van der Waals surface area contributed by atoms with E-state index in [2.05, 4.69) is 101 Å². The van der Waals surface area contributed by atoms with Crippen LogP contribution in [-0.4, -0.2) is 6.94 Å². The molecule has 0 radical (unpaired) electrons. The van der Waals surface area contributed by atoms with Gasteiger partial charge in [-0.05, 0) is 0 Å². The second-order valence-corrected chi connectivity index (χ2v) is 41.0. The summed E-state index contributed by atoms with van der Waals surface area (Å²) in [6, 6.07) is 17.6. The van der Waals surface area contributed by atoms with E-state index in [1.54, 1.807) is 0 Å². The molecule has 0 bridgehead atoms. The molecule has 0 spiro atoms. The summed E-state index contributed by atoms with van der Waals surface area (Å²) >= 11 is -3.75. The zero-order valence-corrected chi connectivity index (χ0v) is 21.3. The first-order valence-electron chi connectivity index (χ1n) is 8.47. The van der Waals surface area contributed by atoms with Gasteiger partial charge in [-0.3, -0.25) is 0 Å². The monoisotopic (exact) mass is 566 g/mol. The van der Waals surface area contributed by atoms with Crippen molar-refractivity contribution in [3.05, 3.63) is 104 Å². The van der Waals surface area contributed by atoms with E-state index in [9.17, 15) is 0 Å². The molecular formula is C22H24Cl2HfSi. The van der Waals surface area contributed by atoms with Crippen LogP contribution in [0.3, 0.4) is 0 Å². The maximum absolute atomic E-state index is 4.38. The second kappa shape index (κ2) is 7.59. The van der Waals surface area contributed by atoms with Crippen molar-refractivity contribution in [3.63, 3.8) is 0 Å². The van der Waals surface area contributed by atoms with E-state index < -0.39 is 17.1 Å². The maximum Gasteiger partial charge on any atom is -0.147 e. The Kier molecular flexibility index (Phi) is 6.24. The Hall–Kier alpha value is -0.933. The topological polar surface area (TPSA) is 0 Å². The van der Waals surface area contributed by atoms with E-state index in [0.29, 0.717) is 7.35 Å². The molecule has 2 aromatic carbocycles. The summed E-state index contributed by atoms with van der Waals surface area (Å²) in [6.45, 7) is 11.0. The Morgan fingerprint density at radius 2 is 1.12 bits per heavy atom. The average molecular weight is 566 g/mol. The van der Waals surface area contributed by atoms with Crippen LogP contribution < -0.4 is 0 Å². The second-order valence-electron chi connectivity index (χ2n) is 7.16. The van der Waals surface area contributed by atoms with Gasteiger partial charge in [0, 0.05) is 0 Å². The third-order valence-electron chi connectivity index (χ3n) is 6.11. The van der Waals surface area contributed by atoms with Gasteiger partial charge in [-0.1, -0.05) is 0 Å². The fraction of sp³-hybridized carbons (Fsp3) is 0.0909. The molecule has 0 fully saturated rings. The van der Waals surface area contributed by atoms with Crippen molar-refractivity contribution in [1.29, 1.82) is 0 Å². The van der Waals surface area contributed by atoms with Gasteiger partial charge in [-0.25, -0.2) is 0 Å². The van der Waals surface area contributed by atoms with E-state index in [4.69, 9.17) is 0 Å². The Morgan fingerprint density at radius 3 is 1.50 bits per heavy atom. The van der Waals surface area contributed by atoms with Crippen LogP contribution in [0.1, 0.15) is 29.6 Å². The minimum atomic E-state index is -3.75. The number of hydrogen-bond donors (Lipinski definition) is 0. The summed E-state index contributed by atoms with van der Waals surface area (Å²) in [5.41, 5.74) is 5.63. The Morgan fingerprint density at radius 1 is 0.731 bits per heavy atom. The Bertz CT molecular complexity index is 908. The summed E-state index contributed by atoms with van der Waals surface area (Å²) in [4.78, 5) is 0. The zero-order valence-electron chi connectivity index (χ0n) is 14.7. The van der Waals surface area contributed by atoms with Crippen molar-refractivity contribution in [2.75, 3.05) is 0 Å². The molecule has 2 aliphatic rings. The third-order valence-corrected chi connectivity index (χ3v) is 39.7. The van der Waals surface area contributed by atoms with Crippen LogP contribution >= 0.6 is 24.8 Å². The fourth-order valence-electron chi connectivity index (χ4n) is 4.51. The van der Waals surface area contributed by atoms with E-state index in [1.807, 2.05) is 0 Å². The number of allylic oxidation sites excluding steroid dienone is 2. The molecule has 0 aliphatic heterocycles. The molecule has 4 rings (SSSR count). The van der Waals surface area contributed by atoms with Crippen molar-refractivity contribution in [2.24, 2.45) is 0 Å². The molecule has 2 unspecified atom stereocenters. The molecule has 4 heteroatoms. The van der Waals surface area contributed by atoms with E-state index in [1.165, 1.54) is 22.3 Å². The third kappa shape index (κ3) is 2.82. The van der Waals surface area contributed by atoms with Gasteiger partial charge < -0.3 is 0 Å². The molecule has 2 aliphatic carbocycles. The normalized spacial score (nSPS) is 19.7. The van der Waals surface area contributed by atoms with E-state index in [0.717, 1.165) is 0 Å². The van der Waals surface area contributed by atoms with Crippen molar-refractivity contribution >= 4 is 43.9 Å². The van der Waals surface area contributed by atoms with Crippen molar-refractivity contribution in [2.45, 2.75) is 7.35 Å². The molecule has 0 N–H and O–H groups in total. The largest absolute Gasteiger partial charge is 0.147 e. The molecule has 2 atom stereocenters. The molecule has 0 heterocycles. The summed E-state index contributed by atoms with van der Waals surface area (Å²) in [6.07, 6.45) is 9.43. The minimum absolute atomic E-state index is 0. The van der Waals surface area contributed by atoms with Gasteiger partial charge in [0.2, 0.25) is 0 Å². The van der Waals surface area contributed by atoms with Gasteiger partial charge in [-0.2, -0.15) is 0 Å². The average Bonchev–Trinajstić information content (AvgIpc) is 3.26. The quantitative estimate of drug-likeness (QED) is 0.406. The molecule has 0 amide bonds. The fourth-order valence-corrected chi connectivity index (χ4v) is 27.4. The zero-order chi connectivity index (χ0) is 16.8. The summed E-state index contributed by atoms with van der Waals surface area (Å²) in [5.74, 6) is 0. The number of hydrogen-bond acceptors (Lipinski definition) is 0. The molecular weight excluding hydrogens is 542 g/mol. The van der Waals surface area contributed by atoms with Crippen LogP contribution in [0.5, 0.6) is 0 Å². The van der Waals surface area contributed by atoms with E-state index in [-0.39, 0.29) is 24.8 Å². The predicted octanol–water partition coefficient (Wildman–Crippen LogP) is 5.89. The van der Waals surface area contributed by atoms with Crippen LogP contribution in [0.25, 0.3) is 12.2 Å². The Labute approximate surface area is 171 Å². The van der Waals surface area contributed by atoms with Gasteiger partial charge >= 0.3 is 147 Å². The number of benzene rings is 2. The predicted molar refractivity (Wildman–Crippen MR) is 120 cm³/mol. The molecule has 0 nitrogen and oxygen atoms in total. The van der Waals surface area contributed by atoms with Crippen LogP contribution in [0.4, 0.5) is 0 Å². The molecule has 0 aromatic heterocycles. The van der Waals surface area contributed by atoms with E-state index >= 15 is 0 Å². The van der Waals surface area contributed by atoms with Gasteiger partial charge in [0.15, 0.2) is 0 Å². The molecule has 0 saturated heterocycles. The van der Waals surface area contributed by atoms with Crippen molar-refractivity contribution in [3.8, 4) is 0 Å². The number of halogens is 2. The molecule has 134 valence electrons.